The van der Waals surface area contributed by atoms with Crippen LogP contribution in [0.3, 0.4) is 0 Å². The SMILES string of the molecule is CCCCOc1ccc(-c2nc(NC(=O)c3ccc([N+](=O)[O-])s3)sc2Oc2ccccc2)cc1. The van der Waals surface area contributed by atoms with E-state index >= 15 is 0 Å². The van der Waals surface area contributed by atoms with Crippen LogP contribution >= 0.6 is 22.7 Å². The van der Waals surface area contributed by atoms with Crippen LogP contribution in [0.1, 0.15) is 29.4 Å². The number of hydrogen-bond acceptors (Lipinski definition) is 8. The van der Waals surface area contributed by atoms with Crippen molar-refractivity contribution < 1.29 is 19.2 Å². The molecule has 2 heterocycles. The largest absolute Gasteiger partial charge is 0.494 e. The maximum Gasteiger partial charge on any atom is 0.324 e. The maximum absolute atomic E-state index is 12.6. The lowest BCUT2D eigenvalue weighted by Gasteiger charge is -2.07. The lowest BCUT2D eigenvalue weighted by atomic mass is 10.1. The summed E-state index contributed by atoms with van der Waals surface area (Å²) in [5.74, 6) is 0.939. The van der Waals surface area contributed by atoms with Crippen molar-refractivity contribution in [3.05, 3.63) is 81.7 Å². The van der Waals surface area contributed by atoms with Crippen molar-refractivity contribution in [2.45, 2.75) is 19.8 Å². The van der Waals surface area contributed by atoms with E-state index in [1.54, 1.807) is 0 Å². The van der Waals surface area contributed by atoms with Crippen molar-refractivity contribution in [3.8, 4) is 27.8 Å². The fourth-order valence-corrected chi connectivity index (χ4v) is 4.53. The number of anilines is 1. The molecule has 0 radical (unpaired) electrons. The van der Waals surface area contributed by atoms with E-state index in [4.69, 9.17) is 9.47 Å². The molecule has 0 atom stereocenters. The van der Waals surface area contributed by atoms with Crippen molar-refractivity contribution in [1.82, 2.24) is 4.98 Å². The van der Waals surface area contributed by atoms with E-state index in [1.165, 1.54) is 23.5 Å². The van der Waals surface area contributed by atoms with E-state index in [0.29, 0.717) is 28.2 Å². The number of ether oxygens (including phenoxy) is 2. The number of aromatic nitrogens is 1. The zero-order valence-corrected chi connectivity index (χ0v) is 19.9. The number of carbonyl (C=O) groups excluding carboxylic acids is 1. The van der Waals surface area contributed by atoms with Gasteiger partial charge in [-0.3, -0.25) is 20.2 Å². The fourth-order valence-electron chi connectivity index (χ4n) is 2.96. The first-order valence-corrected chi connectivity index (χ1v) is 12.2. The molecule has 34 heavy (non-hydrogen) atoms. The topological polar surface area (TPSA) is 104 Å². The van der Waals surface area contributed by atoms with E-state index in [-0.39, 0.29) is 9.88 Å². The van der Waals surface area contributed by atoms with Crippen molar-refractivity contribution in [3.63, 3.8) is 0 Å². The van der Waals surface area contributed by atoms with Crippen LogP contribution in [-0.4, -0.2) is 22.4 Å². The van der Waals surface area contributed by atoms with Crippen LogP contribution in [0.4, 0.5) is 10.1 Å². The zero-order chi connectivity index (χ0) is 23.9. The van der Waals surface area contributed by atoms with Crippen LogP contribution in [0, 0.1) is 10.1 Å². The quantitative estimate of drug-likeness (QED) is 0.144. The molecular weight excluding hydrogens is 474 g/mol. The highest BCUT2D eigenvalue weighted by atomic mass is 32.1. The van der Waals surface area contributed by atoms with Gasteiger partial charge < -0.3 is 9.47 Å². The van der Waals surface area contributed by atoms with E-state index < -0.39 is 10.8 Å². The number of nitrogens with one attached hydrogen (secondary N) is 1. The summed E-state index contributed by atoms with van der Waals surface area (Å²) in [4.78, 5) is 27.8. The third kappa shape index (κ3) is 5.77. The average Bonchev–Trinajstić information content (AvgIpc) is 3.48. The average molecular weight is 496 g/mol. The van der Waals surface area contributed by atoms with Gasteiger partial charge >= 0.3 is 5.00 Å². The molecule has 10 heteroatoms. The summed E-state index contributed by atoms with van der Waals surface area (Å²) in [6, 6.07) is 19.5. The van der Waals surface area contributed by atoms with Gasteiger partial charge in [-0.1, -0.05) is 54.2 Å². The molecule has 0 aliphatic rings. The summed E-state index contributed by atoms with van der Waals surface area (Å²) in [6.07, 6.45) is 2.05. The second kappa shape index (κ2) is 10.9. The molecule has 1 amide bonds. The Morgan fingerprint density at radius 1 is 1.03 bits per heavy atom. The maximum atomic E-state index is 12.6. The van der Waals surface area contributed by atoms with Crippen LogP contribution in [0.2, 0.25) is 0 Å². The molecule has 0 aliphatic heterocycles. The minimum absolute atomic E-state index is 0.0978. The number of thiophene rings is 1. The number of thiazole rings is 1. The molecular formula is C24H21N3O5S2. The van der Waals surface area contributed by atoms with E-state index in [0.717, 1.165) is 35.5 Å². The van der Waals surface area contributed by atoms with Crippen molar-refractivity contribution >= 4 is 38.7 Å². The Morgan fingerprint density at radius 3 is 2.47 bits per heavy atom. The van der Waals surface area contributed by atoms with Gasteiger partial charge in [-0.25, -0.2) is 4.98 Å². The van der Waals surface area contributed by atoms with Crippen LogP contribution in [0.15, 0.2) is 66.7 Å². The second-order valence-corrected chi connectivity index (χ2v) is 9.17. The first kappa shape index (κ1) is 23.4. The molecule has 2 aromatic heterocycles. The van der Waals surface area contributed by atoms with E-state index in [1.807, 2.05) is 54.6 Å². The highest BCUT2D eigenvalue weighted by molar-refractivity contribution is 7.19. The number of amides is 1. The number of hydrogen-bond donors (Lipinski definition) is 1. The van der Waals surface area contributed by atoms with Gasteiger partial charge in [0, 0.05) is 11.6 Å². The van der Waals surface area contributed by atoms with Gasteiger partial charge in [-0.15, -0.1) is 0 Å². The summed E-state index contributed by atoms with van der Waals surface area (Å²) >= 11 is 1.99. The van der Waals surface area contributed by atoms with Crippen molar-refractivity contribution in [2.24, 2.45) is 0 Å². The normalized spacial score (nSPS) is 10.6. The zero-order valence-electron chi connectivity index (χ0n) is 18.2. The van der Waals surface area contributed by atoms with Crippen LogP contribution < -0.4 is 14.8 Å². The molecule has 2 aromatic carbocycles. The Bertz CT molecular complexity index is 1270. The molecule has 0 bridgehead atoms. The van der Waals surface area contributed by atoms with Gasteiger partial charge in [0.15, 0.2) is 5.13 Å². The number of nitro groups is 1. The summed E-state index contributed by atoms with van der Waals surface area (Å²) in [7, 11) is 0. The molecule has 174 valence electrons. The van der Waals surface area contributed by atoms with Gasteiger partial charge in [0.25, 0.3) is 5.91 Å². The Hall–Kier alpha value is -3.76. The second-order valence-electron chi connectivity index (χ2n) is 7.15. The number of unbranched alkanes of at least 4 members (excludes halogenated alkanes) is 1. The molecule has 0 spiro atoms. The Morgan fingerprint density at radius 2 is 1.79 bits per heavy atom. The molecule has 0 saturated heterocycles. The van der Waals surface area contributed by atoms with Gasteiger partial charge in [0.1, 0.15) is 17.2 Å². The standard InChI is InChI=1S/C24H21N3O5S2/c1-2-3-15-31-17-11-9-16(10-12-17)21-23(32-18-7-5-4-6-8-18)34-24(25-21)26-22(28)19-13-14-20(33-19)27(29)30/h4-14H,2-3,15H2,1H3,(H,25,26,28). The lowest BCUT2D eigenvalue weighted by molar-refractivity contribution is -0.380. The predicted molar refractivity (Wildman–Crippen MR) is 133 cm³/mol. The Balaban J connectivity index is 1.59. The minimum Gasteiger partial charge on any atom is -0.494 e. The first-order chi connectivity index (χ1) is 16.5. The highest BCUT2D eigenvalue weighted by Gasteiger charge is 2.20. The summed E-state index contributed by atoms with van der Waals surface area (Å²) in [6.45, 7) is 2.77. The van der Waals surface area contributed by atoms with Crippen LogP contribution in [0.5, 0.6) is 16.6 Å². The molecule has 4 aromatic rings. The molecule has 0 aliphatic carbocycles. The van der Waals surface area contributed by atoms with Crippen molar-refractivity contribution in [1.29, 1.82) is 0 Å². The molecule has 4 rings (SSSR count). The van der Waals surface area contributed by atoms with Gasteiger partial charge in [0.05, 0.1) is 16.4 Å². The van der Waals surface area contributed by atoms with E-state index in [2.05, 4.69) is 17.2 Å². The molecule has 0 saturated carbocycles. The van der Waals surface area contributed by atoms with Gasteiger partial charge in [-0.05, 0) is 48.9 Å². The monoisotopic (exact) mass is 495 g/mol. The minimum atomic E-state index is -0.523. The molecule has 0 fully saturated rings. The predicted octanol–water partition coefficient (Wildman–Crippen LogP) is 7.00. The summed E-state index contributed by atoms with van der Waals surface area (Å²) < 4.78 is 11.8. The lowest BCUT2D eigenvalue weighted by Crippen LogP contribution is -2.09. The Kier molecular flexibility index (Phi) is 7.51. The van der Waals surface area contributed by atoms with Crippen LogP contribution in [-0.2, 0) is 0 Å². The number of rotatable bonds is 10. The van der Waals surface area contributed by atoms with Gasteiger partial charge in [-0.2, -0.15) is 0 Å². The number of benzene rings is 2. The first-order valence-electron chi connectivity index (χ1n) is 10.6. The van der Waals surface area contributed by atoms with E-state index in [9.17, 15) is 14.9 Å². The summed E-state index contributed by atoms with van der Waals surface area (Å²) in [5, 5.41) is 14.4. The Labute approximate surface area is 204 Å². The third-order valence-corrected chi connectivity index (χ3v) is 6.54. The molecule has 8 nitrogen and oxygen atoms in total. The smallest absolute Gasteiger partial charge is 0.324 e. The van der Waals surface area contributed by atoms with Crippen molar-refractivity contribution in [2.75, 3.05) is 11.9 Å². The fraction of sp³-hybridized carbons (Fsp3) is 0.167. The number of para-hydroxylation sites is 1. The number of carbonyl (C=O) groups is 1. The third-order valence-electron chi connectivity index (χ3n) is 4.66. The molecule has 0 unspecified atom stereocenters. The van der Waals surface area contributed by atoms with Crippen LogP contribution in [0.25, 0.3) is 11.3 Å². The molecule has 1 N–H and O–H groups in total. The number of nitrogens with zero attached hydrogens (tertiary/aromatic N) is 2. The highest BCUT2D eigenvalue weighted by Crippen LogP contribution is 2.41. The van der Waals surface area contributed by atoms with Gasteiger partial charge in [0.2, 0.25) is 5.06 Å². The summed E-state index contributed by atoms with van der Waals surface area (Å²) in [5.41, 5.74) is 1.37.